The van der Waals surface area contributed by atoms with E-state index in [1.165, 1.54) is 6.07 Å². The van der Waals surface area contributed by atoms with E-state index in [4.69, 9.17) is 0 Å². The third-order valence-electron chi connectivity index (χ3n) is 4.09. The minimum atomic E-state index is -0.843. The van der Waals surface area contributed by atoms with E-state index >= 15 is 0 Å². The number of hydrogen-bond acceptors (Lipinski definition) is 6. The zero-order valence-corrected chi connectivity index (χ0v) is 16.9. The van der Waals surface area contributed by atoms with Crippen LogP contribution in [-0.4, -0.2) is 40.0 Å². The molecule has 1 heterocycles. The molecular weight excluding hydrogens is 412 g/mol. The van der Waals surface area contributed by atoms with Gasteiger partial charge in [0.05, 0.1) is 13.1 Å². The first-order chi connectivity index (χ1) is 14.5. The molecule has 3 rings (SSSR count). The lowest BCUT2D eigenvalue weighted by Crippen LogP contribution is -2.33. The fraction of sp³-hybridized carbons (Fsp3) is 0.200. The van der Waals surface area contributed by atoms with Gasteiger partial charge in [0, 0.05) is 5.69 Å². The lowest BCUT2D eigenvalue weighted by Gasteiger charge is -2.18. The average molecular weight is 431 g/mol. The Bertz CT molecular complexity index is 1010. The monoisotopic (exact) mass is 431 g/mol. The predicted octanol–water partition coefficient (Wildman–Crippen LogP) is 3.53. The number of carbonyl (C=O) groups excluding carboxylic acids is 2. The molecule has 0 bridgehead atoms. The van der Waals surface area contributed by atoms with Crippen molar-refractivity contribution in [2.45, 2.75) is 13.5 Å². The Morgan fingerprint density at radius 3 is 2.37 bits per heavy atom. The number of halogens is 2. The molecule has 156 valence electrons. The van der Waals surface area contributed by atoms with Gasteiger partial charge in [-0.15, -0.1) is 10.2 Å². The molecule has 10 heteroatoms. The lowest BCUT2D eigenvalue weighted by molar-refractivity contribution is -0.117. The Morgan fingerprint density at radius 1 is 1.00 bits per heavy atom. The second kappa shape index (κ2) is 9.99. The van der Waals surface area contributed by atoms with Crippen LogP contribution in [0.25, 0.3) is 0 Å². The van der Waals surface area contributed by atoms with Gasteiger partial charge in [-0.05, 0) is 30.8 Å². The summed E-state index contributed by atoms with van der Waals surface area (Å²) in [5, 5.41) is 13.6. The van der Waals surface area contributed by atoms with Gasteiger partial charge in [-0.3, -0.25) is 14.5 Å². The largest absolute Gasteiger partial charge is 0.320 e. The van der Waals surface area contributed by atoms with Crippen LogP contribution < -0.4 is 10.6 Å². The van der Waals surface area contributed by atoms with Gasteiger partial charge in [-0.1, -0.05) is 42.5 Å². The van der Waals surface area contributed by atoms with E-state index in [0.29, 0.717) is 17.2 Å². The Labute approximate surface area is 175 Å². The second-order valence-electron chi connectivity index (χ2n) is 6.27. The van der Waals surface area contributed by atoms with Crippen LogP contribution in [0.1, 0.15) is 21.7 Å². The Kier molecular flexibility index (Phi) is 7.15. The lowest BCUT2D eigenvalue weighted by atomic mass is 10.3. The highest BCUT2D eigenvalue weighted by Gasteiger charge is 2.18. The summed E-state index contributed by atoms with van der Waals surface area (Å²) in [4.78, 5) is 26.2. The van der Waals surface area contributed by atoms with Crippen molar-refractivity contribution in [1.29, 1.82) is 0 Å². The van der Waals surface area contributed by atoms with E-state index in [9.17, 15) is 18.4 Å². The Hall–Kier alpha value is -3.24. The molecule has 0 unspecified atom stereocenters. The molecule has 0 atom stereocenters. The molecule has 0 spiro atoms. The maximum Gasteiger partial charge on any atom is 0.286 e. The van der Waals surface area contributed by atoms with Crippen LogP contribution in [0.15, 0.2) is 48.5 Å². The van der Waals surface area contributed by atoms with Crippen molar-refractivity contribution in [2.75, 3.05) is 23.7 Å². The highest BCUT2D eigenvalue weighted by atomic mass is 32.1. The highest BCUT2D eigenvalue weighted by Crippen LogP contribution is 2.18. The molecule has 30 heavy (non-hydrogen) atoms. The van der Waals surface area contributed by atoms with Crippen LogP contribution in [0, 0.1) is 11.6 Å². The molecule has 2 amide bonds. The quantitative estimate of drug-likeness (QED) is 0.570. The van der Waals surface area contributed by atoms with Gasteiger partial charge in [0.2, 0.25) is 10.9 Å². The molecule has 0 saturated heterocycles. The number of nitrogens with one attached hydrogen (secondary N) is 2. The number of nitrogens with zero attached hydrogens (tertiary/aromatic N) is 3. The molecule has 0 aliphatic rings. The number of hydrogen-bond donors (Lipinski definition) is 2. The third kappa shape index (κ3) is 5.65. The van der Waals surface area contributed by atoms with E-state index in [0.717, 1.165) is 23.5 Å². The van der Waals surface area contributed by atoms with Crippen molar-refractivity contribution >= 4 is 34.5 Å². The van der Waals surface area contributed by atoms with Crippen molar-refractivity contribution in [1.82, 2.24) is 15.1 Å². The van der Waals surface area contributed by atoms with Crippen LogP contribution in [0.2, 0.25) is 0 Å². The summed E-state index contributed by atoms with van der Waals surface area (Å²) in [6, 6.07) is 12.3. The third-order valence-corrected chi connectivity index (χ3v) is 5.00. The molecule has 0 saturated carbocycles. The first kappa shape index (κ1) is 21.5. The van der Waals surface area contributed by atoms with E-state index in [1.807, 2.05) is 13.0 Å². The van der Waals surface area contributed by atoms with Gasteiger partial charge in [0.1, 0.15) is 22.3 Å². The maximum atomic E-state index is 13.7. The predicted molar refractivity (Wildman–Crippen MR) is 110 cm³/mol. The molecule has 0 fully saturated rings. The van der Waals surface area contributed by atoms with E-state index < -0.39 is 23.2 Å². The van der Waals surface area contributed by atoms with Crippen molar-refractivity contribution in [3.63, 3.8) is 0 Å². The van der Waals surface area contributed by atoms with Crippen LogP contribution in [0.5, 0.6) is 0 Å². The molecule has 0 aliphatic heterocycles. The molecule has 3 aromatic rings. The zero-order chi connectivity index (χ0) is 21.5. The normalized spacial score (nSPS) is 10.8. The summed E-state index contributed by atoms with van der Waals surface area (Å²) in [5.41, 5.74) is 0.167. The average Bonchev–Trinajstić information content (AvgIpc) is 3.20. The number of amides is 2. The minimum Gasteiger partial charge on any atom is -0.320 e. The van der Waals surface area contributed by atoms with Gasteiger partial charge in [0.15, 0.2) is 0 Å². The van der Waals surface area contributed by atoms with Crippen LogP contribution in [0.3, 0.4) is 0 Å². The Balaban J connectivity index is 1.58. The number of likely N-dealkylation sites (N-methyl/N-ethyl adjacent to an activating group) is 1. The smallest absolute Gasteiger partial charge is 0.286 e. The fourth-order valence-electron chi connectivity index (χ4n) is 2.59. The summed E-state index contributed by atoms with van der Waals surface area (Å²) in [7, 11) is 0. The van der Waals surface area contributed by atoms with Gasteiger partial charge < -0.3 is 10.6 Å². The summed E-state index contributed by atoms with van der Waals surface area (Å²) in [5.74, 6) is -2.62. The topological polar surface area (TPSA) is 87.2 Å². The number of para-hydroxylation sites is 2. The highest BCUT2D eigenvalue weighted by molar-refractivity contribution is 7.13. The maximum absolute atomic E-state index is 13.7. The van der Waals surface area contributed by atoms with Crippen LogP contribution in [-0.2, 0) is 11.3 Å². The SMILES string of the molecule is CCN(CC(=O)Nc1c(F)cccc1F)Cc1nnc(C(=O)Nc2ccccc2)s1. The Morgan fingerprint density at radius 2 is 1.70 bits per heavy atom. The van der Waals surface area contributed by atoms with E-state index in [1.54, 1.807) is 29.2 Å². The van der Waals surface area contributed by atoms with Gasteiger partial charge in [0.25, 0.3) is 5.91 Å². The van der Waals surface area contributed by atoms with E-state index in [2.05, 4.69) is 20.8 Å². The number of carbonyl (C=O) groups is 2. The van der Waals surface area contributed by atoms with Gasteiger partial charge >= 0.3 is 0 Å². The number of rotatable bonds is 8. The second-order valence-corrected chi connectivity index (χ2v) is 7.33. The molecule has 2 N–H and O–H groups in total. The van der Waals surface area contributed by atoms with Crippen LogP contribution in [0.4, 0.5) is 20.2 Å². The van der Waals surface area contributed by atoms with Crippen molar-refractivity contribution in [3.05, 3.63) is 70.2 Å². The van der Waals surface area contributed by atoms with Gasteiger partial charge in [-0.2, -0.15) is 0 Å². The molecule has 0 radical (unpaired) electrons. The molecular formula is C20H19F2N5O2S. The van der Waals surface area contributed by atoms with Crippen LogP contribution >= 0.6 is 11.3 Å². The summed E-state index contributed by atoms with van der Waals surface area (Å²) >= 11 is 1.11. The fourth-order valence-corrected chi connectivity index (χ4v) is 3.36. The van der Waals surface area contributed by atoms with Gasteiger partial charge in [-0.25, -0.2) is 8.78 Å². The molecule has 0 aliphatic carbocycles. The molecule has 1 aromatic heterocycles. The van der Waals surface area contributed by atoms with E-state index in [-0.39, 0.29) is 24.0 Å². The summed E-state index contributed by atoms with van der Waals surface area (Å²) < 4.78 is 27.4. The zero-order valence-electron chi connectivity index (χ0n) is 16.1. The van der Waals surface area contributed by atoms with Crippen molar-refractivity contribution < 1.29 is 18.4 Å². The minimum absolute atomic E-state index is 0.102. The first-order valence-corrected chi connectivity index (χ1v) is 9.93. The summed E-state index contributed by atoms with van der Waals surface area (Å²) in [6.07, 6.45) is 0. The van der Waals surface area contributed by atoms with Crippen molar-refractivity contribution in [2.24, 2.45) is 0 Å². The number of aromatic nitrogens is 2. The summed E-state index contributed by atoms with van der Waals surface area (Å²) in [6.45, 7) is 2.48. The number of anilines is 2. The first-order valence-electron chi connectivity index (χ1n) is 9.11. The van der Waals surface area contributed by atoms with Crippen molar-refractivity contribution in [3.8, 4) is 0 Å². The molecule has 2 aromatic carbocycles. The standard InChI is InChI=1S/C20H19F2N5O2S/c1-2-27(11-16(28)24-18-14(21)9-6-10-15(18)22)12-17-25-26-20(30-17)19(29)23-13-7-4-3-5-8-13/h3-10H,2,11-12H2,1H3,(H,23,29)(H,24,28). The molecule has 7 nitrogen and oxygen atoms in total. The number of benzene rings is 2.